The topological polar surface area (TPSA) is 83.9 Å². The molecule has 0 radical (unpaired) electrons. The lowest BCUT2D eigenvalue weighted by molar-refractivity contribution is -0.136. The average Bonchev–Trinajstić information content (AvgIpc) is 3.46. The van der Waals surface area contributed by atoms with Gasteiger partial charge in [-0.2, -0.15) is 0 Å². The van der Waals surface area contributed by atoms with Gasteiger partial charge in [0.05, 0.1) is 29.9 Å². The second kappa shape index (κ2) is 11.8. The smallest absolute Gasteiger partial charge is 0.261 e. The zero-order valence-electron chi connectivity index (χ0n) is 27.5. The number of amides is 1. The summed E-state index contributed by atoms with van der Waals surface area (Å²) in [7, 11) is -6.40. The molecule has 6 nitrogen and oxygen atoms in total. The van der Waals surface area contributed by atoms with Crippen LogP contribution in [0.25, 0.3) is 0 Å². The molecule has 1 saturated heterocycles. The summed E-state index contributed by atoms with van der Waals surface area (Å²) in [6.45, 7) is 14.8. The molecule has 2 bridgehead atoms. The van der Waals surface area contributed by atoms with E-state index in [2.05, 4.69) is 90.1 Å². The molecule has 1 spiro atoms. The van der Waals surface area contributed by atoms with Crippen molar-refractivity contribution in [3.05, 3.63) is 72.8 Å². The number of carbonyl (C=O) groups is 1. The first-order valence-corrected chi connectivity index (χ1v) is 19.8. The summed E-state index contributed by atoms with van der Waals surface area (Å²) in [6.07, 6.45) is 6.51. The zero-order chi connectivity index (χ0) is 32.1. The fourth-order valence-electron chi connectivity index (χ4n) is 8.76. The van der Waals surface area contributed by atoms with Crippen molar-refractivity contribution in [1.82, 2.24) is 4.31 Å². The lowest BCUT2D eigenvalue weighted by Crippen LogP contribution is -2.67. The molecular weight excluding hydrogens is 587 g/mol. The van der Waals surface area contributed by atoms with E-state index in [0.717, 1.165) is 19.3 Å². The number of carbonyl (C=O) groups excluding carboxylic acids is 1. The van der Waals surface area contributed by atoms with Gasteiger partial charge in [0.25, 0.3) is 8.32 Å². The minimum Gasteiger partial charge on any atom is -0.401 e. The molecule has 2 aromatic rings. The second-order valence-electron chi connectivity index (χ2n) is 15.1. The highest BCUT2D eigenvalue weighted by Crippen LogP contribution is 2.70. The predicted molar refractivity (Wildman–Crippen MR) is 180 cm³/mol. The molecule has 8 heteroatoms. The highest BCUT2D eigenvalue weighted by atomic mass is 32.2. The zero-order valence-corrected chi connectivity index (χ0v) is 29.3. The molecule has 3 aliphatic rings. The number of sulfonamides is 1. The molecule has 2 saturated carbocycles. The summed E-state index contributed by atoms with van der Waals surface area (Å²) < 4.78 is 35.0. The monoisotopic (exact) mass is 637 g/mol. The fraction of sp³-hybridized carbons (Fsp3) is 0.583. The Balaban J connectivity index is 1.25. The summed E-state index contributed by atoms with van der Waals surface area (Å²) in [6, 6.07) is 20.8. The highest BCUT2D eigenvalue weighted by molar-refractivity contribution is 7.90. The maximum Gasteiger partial charge on any atom is 0.261 e. The van der Waals surface area contributed by atoms with Crippen LogP contribution in [0.1, 0.15) is 80.6 Å². The minimum absolute atomic E-state index is 0.0503. The Morgan fingerprint density at radius 2 is 1.64 bits per heavy atom. The summed E-state index contributed by atoms with van der Waals surface area (Å²) in [5.74, 6) is -0.748. The van der Waals surface area contributed by atoms with E-state index in [4.69, 9.17) is 4.43 Å². The molecule has 240 valence electrons. The quantitative estimate of drug-likeness (QED) is 0.269. The molecule has 1 amide bonds. The third-order valence-electron chi connectivity index (χ3n) is 11.4. The number of allylic oxidation sites excluding steroid dienone is 1. The molecule has 0 aromatic heterocycles. The van der Waals surface area contributed by atoms with Gasteiger partial charge >= 0.3 is 0 Å². The Kier molecular flexibility index (Phi) is 8.90. The van der Waals surface area contributed by atoms with E-state index in [9.17, 15) is 18.3 Å². The van der Waals surface area contributed by atoms with Gasteiger partial charge in [-0.3, -0.25) is 4.79 Å². The molecule has 2 aliphatic carbocycles. The van der Waals surface area contributed by atoms with Gasteiger partial charge < -0.3 is 9.53 Å². The Bertz CT molecular complexity index is 1430. The maximum absolute atomic E-state index is 13.6. The molecule has 5 rings (SSSR count). The van der Waals surface area contributed by atoms with Crippen LogP contribution >= 0.6 is 0 Å². The van der Waals surface area contributed by atoms with Crippen LogP contribution in [-0.4, -0.2) is 56.1 Å². The first-order chi connectivity index (χ1) is 20.6. The lowest BCUT2D eigenvalue weighted by atomic mass is 9.69. The lowest BCUT2D eigenvalue weighted by Gasteiger charge is -2.44. The molecular formula is C36H51NO5SSi. The van der Waals surface area contributed by atoms with Crippen LogP contribution in [0.4, 0.5) is 0 Å². The maximum atomic E-state index is 13.6. The third-order valence-corrected chi connectivity index (χ3v) is 18.5. The number of fused-ring (bicyclic) bond motifs is 1. The average molecular weight is 638 g/mol. The highest BCUT2D eigenvalue weighted by Gasteiger charge is 2.72. The third kappa shape index (κ3) is 5.33. The van der Waals surface area contributed by atoms with E-state index in [1.54, 1.807) is 6.92 Å². The molecule has 1 aliphatic heterocycles. The normalized spacial score (nSPS) is 27.8. The van der Waals surface area contributed by atoms with Crippen LogP contribution in [0.2, 0.25) is 5.04 Å². The second-order valence-corrected chi connectivity index (χ2v) is 21.2. The minimum atomic E-state index is -3.70. The number of hydrogen-bond acceptors (Lipinski definition) is 5. The van der Waals surface area contributed by atoms with Crippen LogP contribution in [0.3, 0.4) is 0 Å². The summed E-state index contributed by atoms with van der Waals surface area (Å²) in [5, 5.41) is 13.4. The summed E-state index contributed by atoms with van der Waals surface area (Å²) in [4.78, 5) is 13.6. The Hall–Kier alpha value is -2.26. The van der Waals surface area contributed by atoms with E-state index in [-0.39, 0.29) is 33.8 Å². The van der Waals surface area contributed by atoms with Crippen molar-refractivity contribution in [3.8, 4) is 0 Å². The molecule has 1 N–H and O–H groups in total. The Morgan fingerprint density at radius 3 is 2.16 bits per heavy atom. The van der Waals surface area contributed by atoms with E-state index in [1.807, 2.05) is 24.3 Å². The Morgan fingerprint density at radius 1 is 1.07 bits per heavy atom. The van der Waals surface area contributed by atoms with Crippen LogP contribution in [0.15, 0.2) is 72.8 Å². The number of hydrogen-bond donors (Lipinski definition) is 1. The molecule has 1 heterocycles. The van der Waals surface area contributed by atoms with Crippen LogP contribution in [0.5, 0.6) is 0 Å². The van der Waals surface area contributed by atoms with Crippen molar-refractivity contribution in [3.63, 3.8) is 0 Å². The first kappa shape index (κ1) is 33.1. The van der Waals surface area contributed by atoms with Crippen molar-refractivity contribution < 1.29 is 22.7 Å². The number of nitrogens with zero attached hydrogens (tertiary/aromatic N) is 1. The number of rotatable bonds is 10. The van der Waals surface area contributed by atoms with Gasteiger partial charge in [-0.15, -0.1) is 0 Å². The van der Waals surface area contributed by atoms with Gasteiger partial charge in [0.2, 0.25) is 15.9 Å². The van der Waals surface area contributed by atoms with Gasteiger partial charge in [0.15, 0.2) is 0 Å². The molecule has 44 heavy (non-hydrogen) atoms. The van der Waals surface area contributed by atoms with E-state index < -0.39 is 36.3 Å². The van der Waals surface area contributed by atoms with Crippen molar-refractivity contribution in [2.45, 2.75) is 104 Å². The van der Waals surface area contributed by atoms with Crippen molar-refractivity contribution in [1.29, 1.82) is 0 Å². The number of aliphatic hydroxyl groups excluding tert-OH is 1. The van der Waals surface area contributed by atoms with Gasteiger partial charge in [-0.05, 0) is 65.8 Å². The number of aliphatic hydroxyl groups is 1. The standard InChI is InChI=1S/C36H51NO5SSi/c1-26(42-44(34(3,4)5,29-17-10-8-11-18-29)30-19-12-9-13-20-30)16-14-15-21-31(38)27(2)33(39)37-32-24-28-22-23-36(32,35(28,6)7)25-43(37,40)41/h8-14,16-20,26-28,31-32,38H,15,21-25H2,1-7H3. The van der Waals surface area contributed by atoms with Gasteiger partial charge in [0.1, 0.15) is 0 Å². The Labute approximate surface area is 266 Å². The predicted octanol–water partition coefficient (Wildman–Crippen LogP) is 5.65. The summed E-state index contributed by atoms with van der Waals surface area (Å²) in [5.41, 5.74) is -0.458. The molecule has 6 unspecified atom stereocenters. The van der Waals surface area contributed by atoms with E-state index in [0.29, 0.717) is 18.8 Å². The van der Waals surface area contributed by atoms with Gasteiger partial charge in [-0.1, -0.05) is 114 Å². The largest absolute Gasteiger partial charge is 0.401 e. The SMILES string of the molecule is CC(C=CCCC(O)C(C)C(=O)N1C2CC3CCC2(CS1(=O)=O)C3(C)C)O[Si](c1ccccc1)(c1ccccc1)C(C)(C)C. The molecule has 3 fully saturated rings. The van der Waals surface area contributed by atoms with Crippen LogP contribution < -0.4 is 10.4 Å². The van der Waals surface area contributed by atoms with Gasteiger partial charge in [0, 0.05) is 5.41 Å². The van der Waals surface area contributed by atoms with Crippen molar-refractivity contribution in [2.24, 2.45) is 22.7 Å². The van der Waals surface area contributed by atoms with Crippen LogP contribution in [-0.2, 0) is 19.2 Å². The fourth-order valence-corrected chi connectivity index (χ4v) is 16.0. The van der Waals surface area contributed by atoms with Crippen molar-refractivity contribution >= 4 is 34.6 Å². The molecule has 6 atom stereocenters. The van der Waals surface area contributed by atoms with Crippen molar-refractivity contribution in [2.75, 3.05) is 5.75 Å². The van der Waals surface area contributed by atoms with Crippen LogP contribution in [0, 0.1) is 22.7 Å². The summed E-state index contributed by atoms with van der Waals surface area (Å²) >= 11 is 0. The number of benzene rings is 2. The molecule has 2 aromatic carbocycles. The van der Waals surface area contributed by atoms with Gasteiger partial charge in [-0.25, -0.2) is 12.7 Å². The first-order valence-electron chi connectivity index (χ1n) is 16.3. The van der Waals surface area contributed by atoms with E-state index in [1.165, 1.54) is 14.7 Å². The van der Waals surface area contributed by atoms with E-state index >= 15 is 0 Å².